The Morgan fingerprint density at radius 3 is 1.75 bits per heavy atom. The van der Waals surface area contributed by atoms with Gasteiger partial charge in [0.2, 0.25) is 0 Å². The van der Waals surface area contributed by atoms with Crippen LogP contribution in [0.15, 0.2) is 22.3 Å². The summed E-state index contributed by atoms with van der Waals surface area (Å²) in [5.41, 5.74) is 4.42. The van der Waals surface area contributed by atoms with Crippen LogP contribution in [0.4, 0.5) is 0 Å². The monoisotopic (exact) mass is 328 g/mol. The molecule has 0 N–H and O–H groups in total. The van der Waals surface area contributed by atoms with Crippen molar-refractivity contribution < 1.29 is 19.1 Å². The summed E-state index contributed by atoms with van der Waals surface area (Å²) < 4.78 is 10.2. The molecule has 2 fully saturated rings. The third-order valence-corrected chi connectivity index (χ3v) is 7.63. The highest BCUT2D eigenvalue weighted by Gasteiger charge is 2.69. The third kappa shape index (κ3) is 1.47. The number of rotatable bonds is 2. The van der Waals surface area contributed by atoms with Gasteiger partial charge in [-0.2, -0.15) is 0 Å². The number of fused-ring (bicyclic) bond motifs is 6. The Morgan fingerprint density at radius 1 is 0.875 bits per heavy atom. The molecule has 24 heavy (non-hydrogen) atoms. The van der Waals surface area contributed by atoms with Crippen LogP contribution in [0.25, 0.3) is 0 Å². The van der Waals surface area contributed by atoms with E-state index in [1.54, 1.807) is 0 Å². The van der Waals surface area contributed by atoms with Gasteiger partial charge >= 0.3 is 11.9 Å². The summed E-state index contributed by atoms with van der Waals surface area (Å²) in [5, 5.41) is 0. The van der Waals surface area contributed by atoms with Gasteiger partial charge in [-0.3, -0.25) is 0 Å². The van der Waals surface area contributed by atoms with Crippen LogP contribution in [-0.2, 0) is 19.1 Å². The topological polar surface area (TPSA) is 52.6 Å². The molecule has 4 atom stereocenters. The second-order valence-corrected chi connectivity index (χ2v) is 8.23. The second-order valence-electron chi connectivity index (χ2n) is 8.23. The lowest BCUT2D eigenvalue weighted by Crippen LogP contribution is -2.30. The molecule has 4 heteroatoms. The molecule has 0 aromatic carbocycles. The Kier molecular flexibility index (Phi) is 2.91. The summed E-state index contributed by atoms with van der Waals surface area (Å²) >= 11 is 0. The summed E-state index contributed by atoms with van der Waals surface area (Å²) in [7, 11) is 2.85. The second kappa shape index (κ2) is 4.74. The molecule has 4 bridgehead atoms. The quantitative estimate of drug-likeness (QED) is 0.577. The van der Waals surface area contributed by atoms with Gasteiger partial charge in [0.15, 0.2) is 0 Å². The molecule has 0 saturated heterocycles. The van der Waals surface area contributed by atoms with Gasteiger partial charge in [-0.25, -0.2) is 9.59 Å². The molecule has 0 radical (unpaired) electrons. The lowest BCUT2D eigenvalue weighted by Gasteiger charge is -2.34. The van der Waals surface area contributed by atoms with Crippen molar-refractivity contribution in [1.82, 2.24) is 0 Å². The van der Waals surface area contributed by atoms with Gasteiger partial charge in [0.1, 0.15) is 0 Å². The van der Waals surface area contributed by atoms with Crippen molar-refractivity contribution in [3.8, 4) is 0 Å². The molecule has 0 amide bonds. The highest BCUT2D eigenvalue weighted by Crippen LogP contribution is 2.75. The van der Waals surface area contributed by atoms with Crippen LogP contribution >= 0.6 is 0 Å². The van der Waals surface area contributed by atoms with E-state index in [9.17, 15) is 9.59 Å². The van der Waals surface area contributed by atoms with Crippen LogP contribution in [0.5, 0.6) is 0 Å². The van der Waals surface area contributed by atoms with Crippen molar-refractivity contribution in [1.29, 1.82) is 0 Å². The molecule has 4 nitrogen and oxygen atoms in total. The average molecular weight is 328 g/mol. The van der Waals surface area contributed by atoms with Crippen molar-refractivity contribution in [3.05, 3.63) is 22.3 Å². The lowest BCUT2D eigenvalue weighted by molar-refractivity contribution is -0.139. The van der Waals surface area contributed by atoms with Crippen LogP contribution in [-0.4, -0.2) is 26.2 Å². The van der Waals surface area contributed by atoms with E-state index in [0.29, 0.717) is 23.0 Å². The van der Waals surface area contributed by atoms with Gasteiger partial charge < -0.3 is 9.47 Å². The minimum absolute atomic E-state index is 0.0684. The first-order valence-electron chi connectivity index (χ1n) is 9.28. The lowest BCUT2D eigenvalue weighted by atomic mass is 9.68. The summed E-state index contributed by atoms with van der Waals surface area (Å²) in [4.78, 5) is 25.3. The number of ether oxygens (including phenoxy) is 2. The zero-order valence-corrected chi connectivity index (χ0v) is 14.4. The molecule has 5 aliphatic rings. The van der Waals surface area contributed by atoms with Crippen molar-refractivity contribution in [3.63, 3.8) is 0 Å². The highest BCUT2D eigenvalue weighted by atomic mass is 16.5. The Labute approximate surface area is 142 Å². The fourth-order valence-corrected chi connectivity index (χ4v) is 7.09. The van der Waals surface area contributed by atoms with E-state index in [2.05, 4.69) is 0 Å². The SMILES string of the molecule is COC(=O)C1=C(C(=O)OC)[C@H]2C3=C([C@H]4CC[C@H]3C4)[C@H]1C21CCCC1. The van der Waals surface area contributed by atoms with E-state index in [-0.39, 0.29) is 29.2 Å². The van der Waals surface area contributed by atoms with Gasteiger partial charge in [-0.05, 0) is 49.4 Å². The molecule has 128 valence electrons. The minimum Gasteiger partial charge on any atom is -0.466 e. The number of allylic oxidation sites excluding steroid dienone is 2. The first-order chi connectivity index (χ1) is 11.6. The van der Waals surface area contributed by atoms with E-state index >= 15 is 0 Å². The van der Waals surface area contributed by atoms with Crippen molar-refractivity contribution in [2.75, 3.05) is 14.2 Å². The number of methoxy groups -OCH3 is 2. The van der Waals surface area contributed by atoms with E-state index in [4.69, 9.17) is 9.47 Å². The first kappa shape index (κ1) is 14.7. The minimum atomic E-state index is -0.316. The number of carbonyl (C=O) groups is 2. The van der Waals surface area contributed by atoms with E-state index in [1.165, 1.54) is 57.5 Å². The maximum Gasteiger partial charge on any atom is 0.334 e. The molecule has 0 unspecified atom stereocenters. The van der Waals surface area contributed by atoms with Gasteiger partial charge in [0, 0.05) is 11.8 Å². The smallest absolute Gasteiger partial charge is 0.334 e. The van der Waals surface area contributed by atoms with Gasteiger partial charge in [0.05, 0.1) is 25.4 Å². The Hall–Kier alpha value is -1.58. The molecule has 5 rings (SSSR count). The predicted octanol–water partition coefficient (Wildman–Crippen LogP) is 3.18. The highest BCUT2D eigenvalue weighted by molar-refractivity contribution is 6.04. The standard InChI is InChI=1S/C20H24O4/c1-23-18(21)14-15(19(22)24-2)17-13-11-6-5-10(9-11)12(13)16(14)20(17)7-3-4-8-20/h10-11,16-17H,3-9H2,1-2H3/t10-,11-,16+,17+/m0/s1. The number of esters is 2. The zero-order valence-electron chi connectivity index (χ0n) is 14.4. The zero-order chi connectivity index (χ0) is 16.6. The molecule has 0 heterocycles. The fourth-order valence-electron chi connectivity index (χ4n) is 7.09. The first-order valence-corrected chi connectivity index (χ1v) is 9.28. The number of hydrogen-bond acceptors (Lipinski definition) is 4. The maximum atomic E-state index is 12.7. The van der Waals surface area contributed by atoms with E-state index in [0.717, 1.165) is 12.8 Å². The molecule has 0 aromatic heterocycles. The van der Waals surface area contributed by atoms with Gasteiger partial charge in [0.25, 0.3) is 0 Å². The third-order valence-electron chi connectivity index (χ3n) is 7.63. The van der Waals surface area contributed by atoms with Crippen LogP contribution in [0.1, 0.15) is 44.9 Å². The van der Waals surface area contributed by atoms with Crippen LogP contribution in [0, 0.1) is 29.1 Å². The molecule has 2 saturated carbocycles. The molecule has 5 aliphatic carbocycles. The van der Waals surface area contributed by atoms with Crippen molar-refractivity contribution in [2.24, 2.45) is 29.1 Å². The maximum absolute atomic E-state index is 12.7. The van der Waals surface area contributed by atoms with Crippen molar-refractivity contribution >= 4 is 11.9 Å². The molecule has 1 spiro atoms. The van der Waals surface area contributed by atoms with Crippen LogP contribution < -0.4 is 0 Å². The predicted molar refractivity (Wildman–Crippen MR) is 86.8 cm³/mol. The summed E-state index contributed by atoms with van der Waals surface area (Å²) in [6.07, 6.45) is 8.38. The van der Waals surface area contributed by atoms with E-state index in [1.807, 2.05) is 0 Å². The summed E-state index contributed by atoms with van der Waals surface area (Å²) in [6.45, 7) is 0. The molecule has 0 aliphatic heterocycles. The average Bonchev–Trinajstić information content (AvgIpc) is 3.40. The van der Waals surface area contributed by atoms with Crippen LogP contribution in [0.2, 0.25) is 0 Å². The van der Waals surface area contributed by atoms with Crippen molar-refractivity contribution in [2.45, 2.75) is 44.9 Å². The summed E-state index contributed by atoms with van der Waals surface area (Å²) in [5.74, 6) is 0.883. The van der Waals surface area contributed by atoms with Gasteiger partial charge in [-0.15, -0.1) is 0 Å². The Bertz CT molecular complexity index is 655. The van der Waals surface area contributed by atoms with Crippen LogP contribution in [0.3, 0.4) is 0 Å². The summed E-state index contributed by atoms with van der Waals surface area (Å²) in [6, 6.07) is 0. The molecule has 0 aromatic rings. The normalized spacial score (nSPS) is 37.6. The Balaban J connectivity index is 1.72. The number of carbonyl (C=O) groups excluding carboxylic acids is 2. The largest absolute Gasteiger partial charge is 0.466 e. The number of hydrogen-bond donors (Lipinski definition) is 0. The fraction of sp³-hybridized carbons (Fsp3) is 0.700. The molecular weight excluding hydrogens is 304 g/mol. The Morgan fingerprint density at radius 2 is 1.33 bits per heavy atom. The molecular formula is C20H24O4. The van der Waals surface area contributed by atoms with E-state index < -0.39 is 0 Å². The van der Waals surface area contributed by atoms with Gasteiger partial charge in [-0.1, -0.05) is 24.0 Å².